The average molecular weight is 381 g/mol. The molecule has 27 heavy (non-hydrogen) atoms. The molecule has 8 nitrogen and oxygen atoms in total. The maximum Gasteiger partial charge on any atom is 0.316 e. The van der Waals surface area contributed by atoms with Crippen LogP contribution in [0.2, 0.25) is 0 Å². The summed E-state index contributed by atoms with van der Waals surface area (Å²) in [5.74, 6) is -0.596. The topological polar surface area (TPSA) is 126 Å². The third-order valence-corrected chi connectivity index (χ3v) is 4.16. The van der Waals surface area contributed by atoms with Crippen LogP contribution >= 0.6 is 11.3 Å². The molecule has 0 saturated heterocycles. The Labute approximate surface area is 158 Å². The summed E-state index contributed by atoms with van der Waals surface area (Å²) < 4.78 is 0. The van der Waals surface area contributed by atoms with Crippen molar-refractivity contribution >= 4 is 45.7 Å². The first-order valence-electron chi connectivity index (χ1n) is 7.80. The minimum absolute atomic E-state index is 0.277. The number of rotatable bonds is 5. The van der Waals surface area contributed by atoms with Crippen molar-refractivity contribution in [3.8, 4) is 0 Å². The normalized spacial score (nSPS) is 10.1. The summed E-state index contributed by atoms with van der Waals surface area (Å²) in [5.41, 5.74) is 6.94. The van der Waals surface area contributed by atoms with Crippen molar-refractivity contribution in [3.05, 3.63) is 71.2 Å². The highest BCUT2D eigenvalue weighted by Crippen LogP contribution is 2.16. The molecule has 136 valence electrons. The van der Waals surface area contributed by atoms with Crippen LogP contribution in [0.25, 0.3) is 0 Å². The summed E-state index contributed by atoms with van der Waals surface area (Å²) in [6, 6.07) is 12.1. The fraction of sp³-hybridized carbons (Fsp3) is 0. The molecule has 0 unspecified atom stereocenters. The second kappa shape index (κ2) is 8.11. The van der Waals surface area contributed by atoms with Crippen LogP contribution in [0.3, 0.4) is 0 Å². The van der Waals surface area contributed by atoms with E-state index < -0.39 is 6.03 Å². The number of thiazole rings is 1. The number of primary amides is 1. The highest BCUT2D eigenvalue weighted by Gasteiger charge is 2.09. The number of hydrogen-bond acceptors (Lipinski definition) is 5. The molecule has 4 amide bonds. The predicted molar refractivity (Wildman–Crippen MR) is 104 cm³/mol. The molecule has 0 aliphatic heterocycles. The van der Waals surface area contributed by atoms with Crippen LogP contribution in [-0.2, 0) is 0 Å². The molecular formula is C18H15N5O3S. The molecule has 0 aliphatic rings. The monoisotopic (exact) mass is 381 g/mol. The van der Waals surface area contributed by atoms with Crippen molar-refractivity contribution in [1.82, 2.24) is 4.98 Å². The number of nitrogens with one attached hydrogen (secondary N) is 3. The number of nitrogens with zero attached hydrogens (tertiary/aromatic N) is 1. The Morgan fingerprint density at radius 3 is 1.78 bits per heavy atom. The molecule has 0 radical (unpaired) electrons. The van der Waals surface area contributed by atoms with E-state index in [0.29, 0.717) is 27.6 Å². The van der Waals surface area contributed by atoms with E-state index in [2.05, 4.69) is 20.9 Å². The Morgan fingerprint density at radius 2 is 1.30 bits per heavy atom. The van der Waals surface area contributed by atoms with Gasteiger partial charge < -0.3 is 16.4 Å². The van der Waals surface area contributed by atoms with Crippen molar-refractivity contribution in [2.45, 2.75) is 0 Å². The van der Waals surface area contributed by atoms with Crippen molar-refractivity contribution in [2.24, 2.45) is 5.73 Å². The number of nitrogens with two attached hydrogens (primary N) is 1. The molecule has 1 heterocycles. The van der Waals surface area contributed by atoms with E-state index in [1.54, 1.807) is 60.1 Å². The summed E-state index contributed by atoms with van der Waals surface area (Å²) in [6.45, 7) is 0. The maximum absolute atomic E-state index is 12.3. The lowest BCUT2D eigenvalue weighted by Gasteiger charge is -2.08. The van der Waals surface area contributed by atoms with E-state index in [1.807, 2.05) is 0 Å². The summed E-state index contributed by atoms with van der Waals surface area (Å²) >= 11 is 1.33. The third kappa shape index (κ3) is 4.89. The predicted octanol–water partition coefficient (Wildman–Crippen LogP) is 3.14. The van der Waals surface area contributed by atoms with Gasteiger partial charge in [0, 0.05) is 34.1 Å². The number of carbonyl (C=O) groups is 3. The minimum Gasteiger partial charge on any atom is -0.351 e. The van der Waals surface area contributed by atoms with Crippen molar-refractivity contribution < 1.29 is 14.4 Å². The first kappa shape index (κ1) is 18.1. The zero-order chi connectivity index (χ0) is 19.2. The van der Waals surface area contributed by atoms with Gasteiger partial charge in [0.1, 0.15) is 0 Å². The lowest BCUT2D eigenvalue weighted by atomic mass is 10.1. The Hall–Kier alpha value is -3.72. The van der Waals surface area contributed by atoms with Gasteiger partial charge in [0.25, 0.3) is 11.8 Å². The van der Waals surface area contributed by atoms with Crippen LogP contribution in [-0.4, -0.2) is 22.8 Å². The Kier molecular flexibility index (Phi) is 5.43. The van der Waals surface area contributed by atoms with Gasteiger partial charge in [-0.2, -0.15) is 0 Å². The van der Waals surface area contributed by atoms with E-state index >= 15 is 0 Å². The van der Waals surface area contributed by atoms with E-state index in [-0.39, 0.29) is 11.8 Å². The van der Waals surface area contributed by atoms with Crippen molar-refractivity contribution in [2.75, 3.05) is 16.0 Å². The standard InChI is InChI=1S/C18H15N5O3S/c19-17(26)22-14-7-3-11(4-8-14)15(24)21-13-5-1-12(2-6-13)16(25)23-18-20-9-10-27-18/h1-10H,(H,21,24)(H3,19,22,26)(H,20,23,25). The summed E-state index contributed by atoms with van der Waals surface area (Å²) in [4.78, 5) is 39.2. The number of benzene rings is 2. The molecule has 0 saturated carbocycles. The van der Waals surface area contributed by atoms with Crippen LogP contribution < -0.4 is 21.7 Å². The fourth-order valence-electron chi connectivity index (χ4n) is 2.21. The molecule has 2 aromatic carbocycles. The molecule has 9 heteroatoms. The number of amides is 4. The Bertz CT molecular complexity index is 954. The smallest absolute Gasteiger partial charge is 0.316 e. The van der Waals surface area contributed by atoms with Gasteiger partial charge in [0.15, 0.2) is 5.13 Å². The van der Waals surface area contributed by atoms with Crippen LogP contribution in [0.1, 0.15) is 20.7 Å². The number of urea groups is 1. The van der Waals surface area contributed by atoms with Gasteiger partial charge in [-0.05, 0) is 48.5 Å². The largest absolute Gasteiger partial charge is 0.351 e. The molecule has 3 rings (SSSR count). The van der Waals surface area contributed by atoms with Crippen LogP contribution in [0.5, 0.6) is 0 Å². The minimum atomic E-state index is -0.675. The van der Waals surface area contributed by atoms with Gasteiger partial charge in [-0.15, -0.1) is 11.3 Å². The van der Waals surface area contributed by atoms with Crippen LogP contribution in [0.4, 0.5) is 21.3 Å². The molecule has 0 spiro atoms. The second-order valence-corrected chi connectivity index (χ2v) is 6.28. The first-order valence-corrected chi connectivity index (χ1v) is 8.68. The zero-order valence-corrected chi connectivity index (χ0v) is 14.7. The quantitative estimate of drug-likeness (QED) is 0.541. The summed E-state index contributed by atoms with van der Waals surface area (Å²) in [6.07, 6.45) is 1.61. The zero-order valence-electron chi connectivity index (χ0n) is 13.9. The van der Waals surface area contributed by atoms with E-state index in [0.717, 1.165) is 0 Å². The van der Waals surface area contributed by atoms with E-state index in [1.165, 1.54) is 11.3 Å². The molecule has 5 N–H and O–H groups in total. The molecule has 1 aromatic heterocycles. The van der Waals surface area contributed by atoms with Gasteiger partial charge in [0.05, 0.1) is 0 Å². The Balaban J connectivity index is 1.61. The van der Waals surface area contributed by atoms with Gasteiger partial charge in [-0.3, -0.25) is 14.9 Å². The third-order valence-electron chi connectivity index (χ3n) is 3.47. The maximum atomic E-state index is 12.3. The molecule has 0 fully saturated rings. The highest BCUT2D eigenvalue weighted by atomic mass is 32.1. The van der Waals surface area contributed by atoms with Gasteiger partial charge >= 0.3 is 6.03 Å². The Morgan fingerprint density at radius 1 is 0.778 bits per heavy atom. The molecule has 0 aliphatic carbocycles. The molecule has 0 bridgehead atoms. The van der Waals surface area contributed by atoms with Gasteiger partial charge in [-0.25, -0.2) is 9.78 Å². The number of anilines is 3. The molecule has 3 aromatic rings. The second-order valence-electron chi connectivity index (χ2n) is 5.39. The SMILES string of the molecule is NC(=O)Nc1ccc(C(=O)Nc2ccc(C(=O)Nc3nccs3)cc2)cc1. The molecular weight excluding hydrogens is 366 g/mol. The number of hydrogen-bond donors (Lipinski definition) is 4. The lowest BCUT2D eigenvalue weighted by molar-refractivity contribution is 0.102. The van der Waals surface area contributed by atoms with Crippen LogP contribution in [0.15, 0.2) is 60.1 Å². The number of carbonyl (C=O) groups excluding carboxylic acids is 3. The van der Waals surface area contributed by atoms with Gasteiger partial charge in [0.2, 0.25) is 0 Å². The number of aromatic nitrogens is 1. The highest BCUT2D eigenvalue weighted by molar-refractivity contribution is 7.13. The van der Waals surface area contributed by atoms with Crippen molar-refractivity contribution in [3.63, 3.8) is 0 Å². The molecule has 0 atom stereocenters. The summed E-state index contributed by atoms with van der Waals surface area (Å²) in [5, 5.41) is 10.1. The van der Waals surface area contributed by atoms with E-state index in [4.69, 9.17) is 5.73 Å². The lowest BCUT2D eigenvalue weighted by Crippen LogP contribution is -2.19. The van der Waals surface area contributed by atoms with E-state index in [9.17, 15) is 14.4 Å². The van der Waals surface area contributed by atoms with Crippen molar-refractivity contribution in [1.29, 1.82) is 0 Å². The fourth-order valence-corrected chi connectivity index (χ4v) is 2.73. The average Bonchev–Trinajstić information content (AvgIpc) is 3.15. The van der Waals surface area contributed by atoms with Crippen LogP contribution in [0, 0.1) is 0 Å². The first-order chi connectivity index (χ1) is 13.0. The van der Waals surface area contributed by atoms with Gasteiger partial charge in [-0.1, -0.05) is 0 Å². The summed E-state index contributed by atoms with van der Waals surface area (Å²) in [7, 11) is 0.